The van der Waals surface area contributed by atoms with Gasteiger partial charge in [0, 0.05) is 43.9 Å². The number of nitrogens with zero attached hydrogens (tertiary/aromatic N) is 6. The van der Waals surface area contributed by atoms with Crippen LogP contribution in [0.4, 0.5) is 5.82 Å². The number of nitrogens with two attached hydrogens (primary N) is 1. The molecule has 10 nitrogen and oxygen atoms in total. The van der Waals surface area contributed by atoms with Crippen molar-refractivity contribution in [2.45, 2.75) is 31.3 Å². The van der Waals surface area contributed by atoms with Crippen LogP contribution in [0.25, 0.3) is 22.3 Å². The molecule has 4 heterocycles. The third-order valence-corrected chi connectivity index (χ3v) is 7.86. The molecule has 0 spiro atoms. The first-order valence-corrected chi connectivity index (χ1v) is 14.1. The molecule has 6 rings (SSSR count). The van der Waals surface area contributed by atoms with Crippen LogP contribution < -0.4 is 10.5 Å². The smallest absolute Gasteiger partial charge is 0.246 e. The van der Waals surface area contributed by atoms with Crippen LogP contribution in [0, 0.1) is 0 Å². The number of ether oxygens (including phenoxy) is 2. The highest BCUT2D eigenvalue weighted by atomic mass is 16.5. The number of nitrogen functional groups attached to an aromatic ring is 1. The van der Waals surface area contributed by atoms with Crippen molar-refractivity contribution in [3.05, 3.63) is 73.1 Å². The second kappa shape index (κ2) is 12.1. The van der Waals surface area contributed by atoms with Crippen LogP contribution in [-0.2, 0) is 9.53 Å². The fourth-order valence-electron chi connectivity index (χ4n) is 5.56. The number of fused-ring (bicyclic) bond motifs is 1. The van der Waals surface area contributed by atoms with Crippen molar-refractivity contribution in [1.82, 2.24) is 29.5 Å². The summed E-state index contributed by atoms with van der Waals surface area (Å²) in [5.41, 5.74) is 8.63. The van der Waals surface area contributed by atoms with Crippen molar-refractivity contribution >= 4 is 22.8 Å². The number of amides is 1. The predicted molar refractivity (Wildman–Crippen MR) is 158 cm³/mol. The zero-order chi connectivity index (χ0) is 28.2. The molecule has 2 N–H and O–H groups in total. The summed E-state index contributed by atoms with van der Waals surface area (Å²) in [5.74, 6) is 1.90. The zero-order valence-electron chi connectivity index (χ0n) is 23.2. The second-order valence-electron chi connectivity index (χ2n) is 10.6. The molecule has 4 aromatic rings. The summed E-state index contributed by atoms with van der Waals surface area (Å²) in [5, 5.41) is 5.71. The summed E-state index contributed by atoms with van der Waals surface area (Å²) >= 11 is 0. The highest BCUT2D eigenvalue weighted by molar-refractivity contribution is 5.98. The summed E-state index contributed by atoms with van der Waals surface area (Å²) in [4.78, 5) is 26.0. The summed E-state index contributed by atoms with van der Waals surface area (Å²) in [6.07, 6.45) is 7.92. The SMILES string of the molecule is CN(CC=CC(=O)N1CCC[C@@H](n2nc(-c3ccc(Oc4ccccc4)cc3)c3c(N)ncnc32)C1)[C@H]1CCOC1. The summed E-state index contributed by atoms with van der Waals surface area (Å²) < 4.78 is 13.4. The Morgan fingerprint density at radius 1 is 1.12 bits per heavy atom. The van der Waals surface area contributed by atoms with Crippen molar-refractivity contribution in [1.29, 1.82) is 0 Å². The molecular formula is C31H35N7O3. The Kier molecular flexibility index (Phi) is 7.93. The van der Waals surface area contributed by atoms with Gasteiger partial charge in [0.05, 0.1) is 18.0 Å². The van der Waals surface area contributed by atoms with Gasteiger partial charge in [-0.3, -0.25) is 9.69 Å². The molecule has 41 heavy (non-hydrogen) atoms. The predicted octanol–water partition coefficient (Wildman–Crippen LogP) is 4.31. The average Bonchev–Trinajstić information content (AvgIpc) is 3.68. The van der Waals surface area contributed by atoms with Crippen LogP contribution in [0.2, 0.25) is 0 Å². The molecule has 0 bridgehead atoms. The number of rotatable bonds is 8. The van der Waals surface area contributed by atoms with Crippen LogP contribution in [0.5, 0.6) is 11.5 Å². The number of aromatic nitrogens is 4. The van der Waals surface area contributed by atoms with Gasteiger partial charge in [-0.25, -0.2) is 14.6 Å². The topological polar surface area (TPSA) is 112 Å². The van der Waals surface area contributed by atoms with Crippen molar-refractivity contribution in [3.8, 4) is 22.8 Å². The Balaban J connectivity index is 1.20. The van der Waals surface area contributed by atoms with Crippen molar-refractivity contribution in [3.63, 3.8) is 0 Å². The van der Waals surface area contributed by atoms with Crippen molar-refractivity contribution in [2.24, 2.45) is 0 Å². The normalized spacial score (nSPS) is 19.4. The lowest BCUT2D eigenvalue weighted by molar-refractivity contribution is -0.127. The van der Waals surface area contributed by atoms with Crippen LogP contribution in [0.3, 0.4) is 0 Å². The number of hydrogen-bond acceptors (Lipinski definition) is 8. The van der Waals surface area contributed by atoms with E-state index in [-0.39, 0.29) is 11.9 Å². The molecule has 2 saturated heterocycles. The second-order valence-corrected chi connectivity index (χ2v) is 10.6. The third kappa shape index (κ3) is 5.94. The maximum atomic E-state index is 13.1. The van der Waals surface area contributed by atoms with Crippen molar-refractivity contribution in [2.75, 3.05) is 45.6 Å². The number of piperidine rings is 1. The van der Waals surface area contributed by atoms with Gasteiger partial charge in [-0.05, 0) is 62.7 Å². The van der Waals surface area contributed by atoms with Gasteiger partial charge < -0.3 is 20.1 Å². The number of benzene rings is 2. The average molecular weight is 554 g/mol. The number of anilines is 1. The number of hydrogen-bond donors (Lipinski definition) is 1. The van der Waals surface area contributed by atoms with Gasteiger partial charge in [0.15, 0.2) is 5.65 Å². The van der Waals surface area contributed by atoms with Gasteiger partial charge in [0.25, 0.3) is 0 Å². The van der Waals surface area contributed by atoms with Gasteiger partial charge in [-0.2, -0.15) is 5.10 Å². The first-order valence-electron chi connectivity index (χ1n) is 14.1. The number of carbonyl (C=O) groups excluding carboxylic acids is 1. The van der Waals surface area contributed by atoms with E-state index in [0.717, 1.165) is 62.6 Å². The van der Waals surface area contributed by atoms with Crippen LogP contribution in [-0.4, -0.2) is 81.4 Å². The molecular weight excluding hydrogens is 518 g/mol. The van der Waals surface area contributed by atoms with Crippen LogP contribution in [0.15, 0.2) is 73.1 Å². The molecule has 2 fully saturated rings. The molecule has 0 radical (unpaired) electrons. The van der Waals surface area contributed by atoms with E-state index in [1.807, 2.05) is 70.3 Å². The van der Waals surface area contributed by atoms with E-state index in [4.69, 9.17) is 20.3 Å². The molecule has 2 aromatic carbocycles. The standard InChI is InChI=1S/C31H35N7O3/c1-36(24-15-18-40-20-24)16-6-10-27(39)37-17-5-7-23(19-37)38-31-28(30(32)33-21-34-31)29(35-38)22-11-13-26(14-12-22)41-25-8-3-2-4-9-25/h2-4,6,8-14,21,23-24H,5,7,15-20H2,1H3,(H2,32,33,34)/t23-,24+/m1/s1. The molecule has 2 aliphatic heterocycles. The Morgan fingerprint density at radius 2 is 1.93 bits per heavy atom. The van der Waals surface area contributed by atoms with Crippen molar-refractivity contribution < 1.29 is 14.3 Å². The van der Waals surface area contributed by atoms with Gasteiger partial charge in [0.1, 0.15) is 29.3 Å². The third-order valence-electron chi connectivity index (χ3n) is 7.86. The summed E-state index contributed by atoms with van der Waals surface area (Å²) in [6.45, 7) is 3.56. The number of likely N-dealkylation sites (tertiary alicyclic amines) is 1. The lowest BCUT2D eigenvalue weighted by atomic mass is 10.1. The Morgan fingerprint density at radius 3 is 2.71 bits per heavy atom. The van der Waals surface area contributed by atoms with E-state index in [2.05, 4.69) is 21.9 Å². The van der Waals surface area contributed by atoms with E-state index >= 15 is 0 Å². The number of likely N-dealkylation sites (N-methyl/N-ethyl adjacent to an activating group) is 1. The van der Waals surface area contributed by atoms with Crippen LogP contribution >= 0.6 is 0 Å². The van der Waals surface area contributed by atoms with E-state index in [0.29, 0.717) is 35.1 Å². The molecule has 0 unspecified atom stereocenters. The molecule has 212 valence electrons. The Bertz CT molecular complexity index is 1510. The van der Waals surface area contributed by atoms with Gasteiger partial charge in [-0.15, -0.1) is 0 Å². The Labute approximate surface area is 239 Å². The first-order chi connectivity index (χ1) is 20.1. The fraction of sp³-hybridized carbons (Fsp3) is 0.355. The van der Waals surface area contributed by atoms with E-state index in [1.54, 1.807) is 6.08 Å². The minimum Gasteiger partial charge on any atom is -0.457 e. The first kappa shape index (κ1) is 26.9. The lowest BCUT2D eigenvalue weighted by Gasteiger charge is -2.32. The van der Waals surface area contributed by atoms with E-state index in [1.165, 1.54) is 6.33 Å². The minimum atomic E-state index is -0.0225. The minimum absolute atomic E-state index is 0.0191. The van der Waals surface area contributed by atoms with Crippen LogP contribution in [0.1, 0.15) is 25.3 Å². The molecule has 1 amide bonds. The molecule has 0 aliphatic carbocycles. The molecule has 2 aliphatic rings. The van der Waals surface area contributed by atoms with Gasteiger partial charge >= 0.3 is 0 Å². The molecule has 2 aromatic heterocycles. The summed E-state index contributed by atoms with van der Waals surface area (Å²) in [6, 6.07) is 17.8. The highest BCUT2D eigenvalue weighted by Crippen LogP contribution is 2.35. The van der Waals surface area contributed by atoms with Gasteiger partial charge in [-0.1, -0.05) is 24.3 Å². The van der Waals surface area contributed by atoms with E-state index < -0.39 is 0 Å². The quantitative estimate of drug-likeness (QED) is 0.322. The number of carbonyl (C=O) groups is 1. The molecule has 0 saturated carbocycles. The zero-order valence-corrected chi connectivity index (χ0v) is 23.2. The highest BCUT2D eigenvalue weighted by Gasteiger charge is 2.28. The number of para-hydroxylation sites is 1. The Hall–Kier alpha value is -4.28. The van der Waals surface area contributed by atoms with E-state index in [9.17, 15) is 4.79 Å². The monoisotopic (exact) mass is 553 g/mol. The lowest BCUT2D eigenvalue weighted by Crippen LogP contribution is -2.40. The largest absolute Gasteiger partial charge is 0.457 e. The molecule has 2 atom stereocenters. The fourth-order valence-corrected chi connectivity index (χ4v) is 5.56. The molecule has 10 heteroatoms. The summed E-state index contributed by atoms with van der Waals surface area (Å²) in [7, 11) is 2.07. The maximum Gasteiger partial charge on any atom is 0.246 e. The van der Waals surface area contributed by atoms with Gasteiger partial charge in [0.2, 0.25) is 5.91 Å². The maximum absolute atomic E-state index is 13.1.